The standard InChI is InChI=1S/C30H36N4O2S/c1-20-11-10-13-22(17-20)34-29-26(28(31-34)30(3,4)5)27(23-14-7-6-12-21(23)2)37-19-25(36)33(29)18-24(35)32-15-8-9-16-32/h6-7,10-14,17,27H,8-9,15-16,18-19H2,1-5H3/t27-/m0/s1. The number of carbonyl (C=O) groups excluding carboxylic acids is 2. The second-order valence-corrected chi connectivity index (χ2v) is 12.3. The van der Waals surface area contributed by atoms with E-state index >= 15 is 0 Å². The Balaban J connectivity index is 1.77. The zero-order valence-electron chi connectivity index (χ0n) is 22.5. The van der Waals surface area contributed by atoms with E-state index in [1.54, 1.807) is 16.7 Å². The summed E-state index contributed by atoms with van der Waals surface area (Å²) in [6.45, 7) is 12.2. The number of rotatable bonds is 4. The number of aryl methyl sites for hydroxylation is 2. The van der Waals surface area contributed by atoms with E-state index in [4.69, 9.17) is 5.10 Å². The van der Waals surface area contributed by atoms with Crippen LogP contribution in [0.15, 0.2) is 48.5 Å². The van der Waals surface area contributed by atoms with E-state index < -0.39 is 0 Å². The molecule has 2 amide bonds. The van der Waals surface area contributed by atoms with Crippen LogP contribution in [0, 0.1) is 13.8 Å². The lowest BCUT2D eigenvalue weighted by atomic mass is 9.86. The SMILES string of the molecule is Cc1cccc(-n2nc(C(C)(C)C)c3c2N(CC(=O)N2CCCC2)C(=O)CS[C@H]3c2ccccc2C)c1. The number of fused-ring (bicyclic) bond motifs is 1. The second kappa shape index (κ2) is 10.0. The zero-order valence-corrected chi connectivity index (χ0v) is 23.3. The molecule has 1 atom stereocenters. The van der Waals surface area contributed by atoms with Crippen molar-refractivity contribution in [1.82, 2.24) is 14.7 Å². The van der Waals surface area contributed by atoms with Gasteiger partial charge < -0.3 is 4.90 Å². The maximum Gasteiger partial charge on any atom is 0.242 e. The number of hydrogen-bond donors (Lipinski definition) is 0. The van der Waals surface area contributed by atoms with E-state index in [2.05, 4.69) is 65.0 Å². The largest absolute Gasteiger partial charge is 0.341 e. The topological polar surface area (TPSA) is 58.4 Å². The van der Waals surface area contributed by atoms with Crippen LogP contribution in [0.3, 0.4) is 0 Å². The number of hydrogen-bond acceptors (Lipinski definition) is 4. The summed E-state index contributed by atoms with van der Waals surface area (Å²) in [5.41, 5.74) is 6.11. The van der Waals surface area contributed by atoms with Crippen molar-refractivity contribution in [2.24, 2.45) is 0 Å². The Morgan fingerprint density at radius 2 is 1.78 bits per heavy atom. The molecule has 1 aromatic heterocycles. The average Bonchev–Trinajstić information content (AvgIpc) is 3.50. The van der Waals surface area contributed by atoms with Gasteiger partial charge in [0.05, 0.1) is 22.4 Å². The first-order valence-electron chi connectivity index (χ1n) is 13.1. The summed E-state index contributed by atoms with van der Waals surface area (Å²) in [4.78, 5) is 30.8. The molecule has 3 heterocycles. The van der Waals surface area contributed by atoms with Crippen LogP contribution in [0.4, 0.5) is 5.82 Å². The lowest BCUT2D eigenvalue weighted by Crippen LogP contribution is -2.43. The van der Waals surface area contributed by atoms with E-state index in [0.717, 1.165) is 54.3 Å². The Kier molecular flexibility index (Phi) is 6.92. The second-order valence-electron chi connectivity index (χ2n) is 11.2. The summed E-state index contributed by atoms with van der Waals surface area (Å²) in [6, 6.07) is 16.6. The first-order chi connectivity index (χ1) is 17.6. The van der Waals surface area contributed by atoms with Gasteiger partial charge in [0, 0.05) is 24.1 Å². The monoisotopic (exact) mass is 516 g/mol. The molecule has 1 saturated heterocycles. The third kappa shape index (κ3) is 4.93. The van der Waals surface area contributed by atoms with Crippen LogP contribution in [-0.4, -0.2) is 51.9 Å². The number of likely N-dealkylation sites (tertiary alicyclic amines) is 1. The molecule has 5 rings (SSSR count). The number of aromatic nitrogens is 2. The number of nitrogens with zero attached hydrogens (tertiary/aromatic N) is 4. The van der Waals surface area contributed by atoms with Gasteiger partial charge in [-0.15, -0.1) is 11.8 Å². The van der Waals surface area contributed by atoms with E-state index in [1.807, 2.05) is 27.8 Å². The molecule has 1 fully saturated rings. The van der Waals surface area contributed by atoms with Gasteiger partial charge in [-0.25, -0.2) is 4.68 Å². The molecule has 6 nitrogen and oxygen atoms in total. The summed E-state index contributed by atoms with van der Waals surface area (Å²) in [6.07, 6.45) is 2.04. The third-order valence-electron chi connectivity index (χ3n) is 7.27. The fourth-order valence-corrected chi connectivity index (χ4v) is 6.63. The lowest BCUT2D eigenvalue weighted by molar-refractivity contribution is -0.130. The number of thioether (sulfide) groups is 1. The van der Waals surface area contributed by atoms with Crippen molar-refractivity contribution in [2.45, 2.75) is 58.1 Å². The first kappa shape index (κ1) is 25.6. The summed E-state index contributed by atoms with van der Waals surface area (Å²) < 4.78 is 1.91. The molecule has 7 heteroatoms. The van der Waals surface area contributed by atoms with Gasteiger partial charge in [-0.05, 0) is 55.5 Å². The van der Waals surface area contributed by atoms with Gasteiger partial charge in [-0.1, -0.05) is 57.2 Å². The van der Waals surface area contributed by atoms with Crippen molar-refractivity contribution < 1.29 is 9.59 Å². The number of anilines is 1. The number of amides is 2. The minimum atomic E-state index is -0.265. The average molecular weight is 517 g/mol. The fraction of sp³-hybridized carbons (Fsp3) is 0.433. The van der Waals surface area contributed by atoms with Crippen LogP contribution in [-0.2, 0) is 15.0 Å². The quantitative estimate of drug-likeness (QED) is 0.454. The van der Waals surface area contributed by atoms with Crippen molar-refractivity contribution in [1.29, 1.82) is 0 Å². The molecule has 0 saturated carbocycles. The maximum atomic E-state index is 13.8. The van der Waals surface area contributed by atoms with Gasteiger partial charge in [0.25, 0.3) is 0 Å². The molecular formula is C30H36N4O2S. The van der Waals surface area contributed by atoms with Gasteiger partial charge >= 0.3 is 0 Å². The fourth-order valence-electron chi connectivity index (χ4n) is 5.34. The Morgan fingerprint density at radius 3 is 2.46 bits per heavy atom. The molecule has 2 aliphatic rings. The Bertz CT molecular complexity index is 1330. The van der Waals surface area contributed by atoms with Gasteiger partial charge in [0.1, 0.15) is 12.4 Å². The van der Waals surface area contributed by atoms with Crippen LogP contribution in [0.1, 0.15) is 66.8 Å². The molecule has 0 bridgehead atoms. The lowest BCUT2D eigenvalue weighted by Gasteiger charge is -2.26. The minimum Gasteiger partial charge on any atom is -0.341 e. The Morgan fingerprint density at radius 1 is 1.05 bits per heavy atom. The highest BCUT2D eigenvalue weighted by atomic mass is 32.2. The third-order valence-corrected chi connectivity index (χ3v) is 8.51. The van der Waals surface area contributed by atoms with Crippen molar-refractivity contribution in [3.63, 3.8) is 0 Å². The molecular weight excluding hydrogens is 480 g/mol. The van der Waals surface area contributed by atoms with Gasteiger partial charge in [0.2, 0.25) is 11.8 Å². The summed E-state index contributed by atoms with van der Waals surface area (Å²) >= 11 is 1.64. The highest BCUT2D eigenvalue weighted by Gasteiger charge is 2.40. The Hall–Kier alpha value is -3.06. The van der Waals surface area contributed by atoms with Crippen LogP contribution in [0.5, 0.6) is 0 Å². The molecule has 0 unspecified atom stereocenters. The van der Waals surface area contributed by atoms with E-state index in [1.165, 1.54) is 11.1 Å². The predicted molar refractivity (Wildman–Crippen MR) is 151 cm³/mol. The smallest absolute Gasteiger partial charge is 0.242 e. The van der Waals surface area contributed by atoms with E-state index in [0.29, 0.717) is 5.75 Å². The predicted octanol–water partition coefficient (Wildman–Crippen LogP) is 5.58. The normalized spacial score (nSPS) is 18.2. The van der Waals surface area contributed by atoms with Crippen LogP contribution in [0.2, 0.25) is 0 Å². The van der Waals surface area contributed by atoms with Crippen LogP contribution < -0.4 is 4.90 Å². The van der Waals surface area contributed by atoms with Crippen LogP contribution in [0.25, 0.3) is 5.69 Å². The van der Waals surface area contributed by atoms with Gasteiger partial charge in [0.15, 0.2) is 0 Å². The molecule has 0 N–H and O–H groups in total. The molecule has 2 aromatic carbocycles. The molecule has 3 aromatic rings. The zero-order chi connectivity index (χ0) is 26.3. The highest BCUT2D eigenvalue weighted by Crippen LogP contribution is 2.49. The molecule has 0 radical (unpaired) electrons. The van der Waals surface area contributed by atoms with Crippen molar-refractivity contribution in [3.05, 3.63) is 76.5 Å². The maximum absolute atomic E-state index is 13.8. The van der Waals surface area contributed by atoms with Crippen LogP contribution >= 0.6 is 11.8 Å². The molecule has 0 aliphatic carbocycles. The van der Waals surface area contributed by atoms with E-state index in [9.17, 15) is 9.59 Å². The number of benzene rings is 2. The number of carbonyl (C=O) groups is 2. The summed E-state index contributed by atoms with van der Waals surface area (Å²) in [7, 11) is 0. The highest BCUT2D eigenvalue weighted by molar-refractivity contribution is 8.00. The summed E-state index contributed by atoms with van der Waals surface area (Å²) in [5.74, 6) is 0.985. The van der Waals surface area contributed by atoms with Gasteiger partial charge in [-0.2, -0.15) is 5.10 Å². The first-order valence-corrected chi connectivity index (χ1v) is 14.2. The minimum absolute atomic E-state index is 0.00504. The summed E-state index contributed by atoms with van der Waals surface area (Å²) in [5, 5.41) is 5.13. The molecule has 2 aliphatic heterocycles. The molecule has 37 heavy (non-hydrogen) atoms. The molecule has 194 valence electrons. The Labute approximate surface area is 224 Å². The van der Waals surface area contributed by atoms with E-state index in [-0.39, 0.29) is 29.0 Å². The molecule has 0 spiro atoms. The van der Waals surface area contributed by atoms with Gasteiger partial charge in [-0.3, -0.25) is 14.5 Å². The van der Waals surface area contributed by atoms with Crippen molar-refractivity contribution in [3.8, 4) is 5.69 Å². The van der Waals surface area contributed by atoms with Crippen molar-refractivity contribution in [2.75, 3.05) is 30.3 Å². The van der Waals surface area contributed by atoms with Crippen molar-refractivity contribution >= 4 is 29.4 Å².